The minimum absolute atomic E-state index is 0.189. The molecule has 3 rings (SSSR count). The van der Waals surface area contributed by atoms with Crippen LogP contribution in [-0.4, -0.2) is 5.54 Å². The number of para-hydroxylation sites is 1. The number of benzene rings is 2. The molecule has 1 nitrogen and oxygen atoms in total. The van der Waals surface area contributed by atoms with Crippen molar-refractivity contribution < 1.29 is 0 Å². The first-order valence-corrected chi connectivity index (χ1v) is 7.90. The van der Waals surface area contributed by atoms with Gasteiger partial charge in [-0.25, -0.2) is 0 Å². The van der Waals surface area contributed by atoms with E-state index in [-0.39, 0.29) is 5.54 Å². The van der Waals surface area contributed by atoms with Crippen LogP contribution in [0, 0.1) is 6.92 Å². The fraction of sp³-hybridized carbons (Fsp3) is 0.400. The molecular weight excluding hydrogens is 254 g/mol. The van der Waals surface area contributed by atoms with Crippen molar-refractivity contribution in [2.45, 2.75) is 52.1 Å². The van der Waals surface area contributed by atoms with E-state index in [1.165, 1.54) is 28.8 Å². The van der Waals surface area contributed by atoms with Crippen LogP contribution in [0.4, 0.5) is 5.69 Å². The third-order valence-electron chi connectivity index (χ3n) is 4.79. The van der Waals surface area contributed by atoms with Crippen molar-refractivity contribution in [1.29, 1.82) is 0 Å². The summed E-state index contributed by atoms with van der Waals surface area (Å²) >= 11 is 0. The van der Waals surface area contributed by atoms with Crippen molar-refractivity contribution in [2.75, 3.05) is 4.90 Å². The number of hydrogen-bond donors (Lipinski definition) is 0. The third-order valence-corrected chi connectivity index (χ3v) is 4.79. The summed E-state index contributed by atoms with van der Waals surface area (Å²) in [6.07, 6.45) is 1.20. The first kappa shape index (κ1) is 14.2. The molecule has 0 N–H and O–H groups in total. The highest BCUT2D eigenvalue weighted by Gasteiger charge is 2.36. The van der Waals surface area contributed by atoms with Gasteiger partial charge in [-0.05, 0) is 49.8 Å². The first-order valence-electron chi connectivity index (χ1n) is 7.90. The zero-order chi connectivity index (χ0) is 15.0. The Balaban J connectivity index is 2.07. The molecule has 1 atom stereocenters. The highest BCUT2D eigenvalue weighted by molar-refractivity contribution is 5.64. The average molecular weight is 279 g/mol. The Labute approximate surface area is 128 Å². The zero-order valence-electron chi connectivity index (χ0n) is 13.6. The van der Waals surface area contributed by atoms with Gasteiger partial charge in [-0.2, -0.15) is 0 Å². The van der Waals surface area contributed by atoms with E-state index in [1.54, 1.807) is 0 Å². The Morgan fingerprint density at radius 2 is 1.76 bits per heavy atom. The van der Waals surface area contributed by atoms with Crippen LogP contribution in [0.2, 0.25) is 0 Å². The van der Waals surface area contributed by atoms with E-state index < -0.39 is 0 Å². The van der Waals surface area contributed by atoms with Gasteiger partial charge < -0.3 is 4.90 Å². The lowest BCUT2D eigenvalue weighted by atomic mass is 9.79. The molecule has 1 unspecified atom stereocenters. The topological polar surface area (TPSA) is 3.24 Å². The molecule has 0 spiro atoms. The van der Waals surface area contributed by atoms with Crippen molar-refractivity contribution >= 4 is 5.69 Å². The average Bonchev–Trinajstić information content (AvgIpc) is 2.44. The Morgan fingerprint density at radius 1 is 1.05 bits per heavy atom. The second-order valence-electron chi connectivity index (χ2n) is 7.00. The van der Waals surface area contributed by atoms with Gasteiger partial charge in [-0.15, -0.1) is 0 Å². The number of hydrogen-bond acceptors (Lipinski definition) is 1. The van der Waals surface area contributed by atoms with Crippen molar-refractivity contribution in [2.24, 2.45) is 0 Å². The number of fused-ring (bicyclic) bond motifs is 1. The normalized spacial score (nSPS) is 20.2. The van der Waals surface area contributed by atoms with Crippen LogP contribution in [0.3, 0.4) is 0 Å². The summed E-state index contributed by atoms with van der Waals surface area (Å²) in [5.41, 5.74) is 5.92. The van der Waals surface area contributed by atoms with E-state index in [0.717, 1.165) is 6.54 Å². The molecular formula is C20H25N. The van der Waals surface area contributed by atoms with Gasteiger partial charge in [0.2, 0.25) is 0 Å². The second-order valence-corrected chi connectivity index (χ2v) is 7.00. The van der Waals surface area contributed by atoms with Gasteiger partial charge in [-0.1, -0.05) is 55.5 Å². The summed E-state index contributed by atoms with van der Waals surface area (Å²) in [6.45, 7) is 10.3. The van der Waals surface area contributed by atoms with Gasteiger partial charge in [0.05, 0.1) is 0 Å². The number of aryl methyl sites for hydroxylation is 1. The second kappa shape index (κ2) is 5.22. The molecule has 110 valence electrons. The zero-order valence-corrected chi connectivity index (χ0v) is 13.6. The van der Waals surface area contributed by atoms with Crippen molar-refractivity contribution in [3.05, 3.63) is 65.2 Å². The highest BCUT2D eigenvalue weighted by Crippen LogP contribution is 2.45. The van der Waals surface area contributed by atoms with Crippen LogP contribution < -0.4 is 4.90 Å². The predicted molar refractivity (Wildman–Crippen MR) is 90.9 cm³/mol. The van der Waals surface area contributed by atoms with Crippen LogP contribution >= 0.6 is 0 Å². The Bertz CT molecular complexity index is 628. The predicted octanol–water partition coefficient (Wildman–Crippen LogP) is 5.29. The Hall–Kier alpha value is -1.76. The van der Waals surface area contributed by atoms with Gasteiger partial charge in [-0.3, -0.25) is 0 Å². The summed E-state index contributed by atoms with van der Waals surface area (Å²) in [5, 5.41) is 0. The molecule has 0 aliphatic carbocycles. The number of anilines is 1. The van der Waals surface area contributed by atoms with E-state index in [1.807, 2.05) is 0 Å². The minimum Gasteiger partial charge on any atom is -0.362 e. The standard InChI is InChI=1S/C20H25N/c1-15-9-8-12-18-16(2)13-20(3,4)21(19(15)18)14-17-10-6-5-7-11-17/h5-12,16H,13-14H2,1-4H3. The molecule has 0 bridgehead atoms. The van der Waals surface area contributed by atoms with Crippen LogP contribution in [0.15, 0.2) is 48.5 Å². The summed E-state index contributed by atoms with van der Waals surface area (Å²) < 4.78 is 0. The van der Waals surface area contributed by atoms with Crippen LogP contribution in [0.25, 0.3) is 0 Å². The molecule has 0 radical (unpaired) electrons. The lowest BCUT2D eigenvalue weighted by molar-refractivity contribution is 0.373. The van der Waals surface area contributed by atoms with Gasteiger partial charge in [0.1, 0.15) is 0 Å². The molecule has 0 amide bonds. The molecule has 0 saturated carbocycles. The van der Waals surface area contributed by atoms with Crippen molar-refractivity contribution in [3.63, 3.8) is 0 Å². The quantitative estimate of drug-likeness (QED) is 0.722. The molecule has 21 heavy (non-hydrogen) atoms. The molecule has 1 aliphatic rings. The molecule has 0 aromatic heterocycles. The summed E-state index contributed by atoms with van der Waals surface area (Å²) in [7, 11) is 0. The molecule has 1 heteroatoms. The molecule has 1 heterocycles. The largest absolute Gasteiger partial charge is 0.362 e. The fourth-order valence-electron chi connectivity index (χ4n) is 3.78. The van der Waals surface area contributed by atoms with E-state index in [9.17, 15) is 0 Å². The molecule has 2 aromatic rings. The van der Waals surface area contributed by atoms with Gasteiger partial charge in [0.25, 0.3) is 0 Å². The van der Waals surface area contributed by atoms with E-state index in [2.05, 4.69) is 81.1 Å². The minimum atomic E-state index is 0.189. The molecule has 2 aromatic carbocycles. The monoisotopic (exact) mass is 279 g/mol. The maximum Gasteiger partial charge on any atom is 0.0438 e. The van der Waals surface area contributed by atoms with E-state index in [0.29, 0.717) is 5.92 Å². The lowest BCUT2D eigenvalue weighted by Gasteiger charge is -2.48. The highest BCUT2D eigenvalue weighted by atomic mass is 15.2. The maximum absolute atomic E-state index is 2.60. The SMILES string of the molecule is Cc1cccc2c1N(Cc1ccccc1)C(C)(C)CC2C. The van der Waals surface area contributed by atoms with Gasteiger partial charge in [0.15, 0.2) is 0 Å². The van der Waals surface area contributed by atoms with Crippen LogP contribution in [-0.2, 0) is 6.54 Å². The number of rotatable bonds is 2. The molecule has 0 fully saturated rings. The molecule has 0 saturated heterocycles. The smallest absolute Gasteiger partial charge is 0.0438 e. The first-order chi connectivity index (χ1) is 9.99. The maximum atomic E-state index is 2.60. The Kier molecular flexibility index (Phi) is 3.52. The van der Waals surface area contributed by atoms with Crippen LogP contribution in [0.5, 0.6) is 0 Å². The molecule has 1 aliphatic heterocycles. The Morgan fingerprint density at radius 3 is 2.48 bits per heavy atom. The van der Waals surface area contributed by atoms with Gasteiger partial charge >= 0.3 is 0 Å². The van der Waals surface area contributed by atoms with Crippen molar-refractivity contribution in [1.82, 2.24) is 0 Å². The van der Waals surface area contributed by atoms with Crippen LogP contribution in [0.1, 0.15) is 49.8 Å². The van der Waals surface area contributed by atoms with E-state index in [4.69, 9.17) is 0 Å². The number of nitrogens with zero attached hydrogens (tertiary/aromatic N) is 1. The third kappa shape index (κ3) is 2.57. The van der Waals surface area contributed by atoms with Crippen molar-refractivity contribution in [3.8, 4) is 0 Å². The summed E-state index contributed by atoms with van der Waals surface area (Å²) in [5.74, 6) is 0.627. The summed E-state index contributed by atoms with van der Waals surface area (Å²) in [6, 6.07) is 17.6. The lowest BCUT2D eigenvalue weighted by Crippen LogP contribution is -2.48. The van der Waals surface area contributed by atoms with Gasteiger partial charge in [0, 0.05) is 17.8 Å². The summed E-state index contributed by atoms with van der Waals surface area (Å²) in [4.78, 5) is 2.60. The fourth-order valence-corrected chi connectivity index (χ4v) is 3.78. The van der Waals surface area contributed by atoms with E-state index >= 15 is 0 Å².